The molecule has 0 radical (unpaired) electrons. The minimum absolute atomic E-state index is 0.222. The maximum atomic E-state index is 11.6. The molecule has 0 saturated heterocycles. The molecule has 1 aliphatic rings. The maximum absolute atomic E-state index is 11.6. The summed E-state index contributed by atoms with van der Waals surface area (Å²) in [6, 6.07) is 0. The van der Waals surface area contributed by atoms with Crippen molar-refractivity contribution in [1.82, 2.24) is 5.32 Å². The van der Waals surface area contributed by atoms with Crippen molar-refractivity contribution in [2.24, 2.45) is 17.6 Å². The number of hydrogen-bond acceptors (Lipinski definition) is 2. The van der Waals surface area contributed by atoms with Gasteiger partial charge in [-0.25, -0.2) is 0 Å². The molecule has 3 nitrogen and oxygen atoms in total. The molecule has 1 rings (SSSR count). The Labute approximate surface area is 106 Å². The fraction of sp³-hybridized carbons (Fsp3) is 0.929. The molecule has 1 amide bonds. The lowest BCUT2D eigenvalue weighted by Crippen LogP contribution is -2.31. The lowest BCUT2D eigenvalue weighted by Gasteiger charge is -2.26. The van der Waals surface area contributed by atoms with Crippen LogP contribution in [-0.4, -0.2) is 19.0 Å². The highest BCUT2D eigenvalue weighted by Crippen LogP contribution is 2.27. The third-order valence-electron chi connectivity index (χ3n) is 3.74. The zero-order valence-corrected chi connectivity index (χ0v) is 11.2. The molecule has 17 heavy (non-hydrogen) atoms. The number of nitrogens with one attached hydrogen (secondary N) is 1. The van der Waals surface area contributed by atoms with Crippen molar-refractivity contribution in [3.63, 3.8) is 0 Å². The minimum atomic E-state index is 0.222. The Hall–Kier alpha value is -0.570. The smallest absolute Gasteiger partial charge is 0.220 e. The van der Waals surface area contributed by atoms with Crippen LogP contribution in [-0.2, 0) is 4.79 Å². The Morgan fingerprint density at radius 3 is 2.82 bits per heavy atom. The van der Waals surface area contributed by atoms with Crippen molar-refractivity contribution in [3.8, 4) is 0 Å². The number of rotatable bonds is 7. The van der Waals surface area contributed by atoms with Crippen LogP contribution in [0.1, 0.15) is 58.3 Å². The van der Waals surface area contributed by atoms with Gasteiger partial charge in [0.1, 0.15) is 0 Å². The van der Waals surface area contributed by atoms with E-state index in [0.717, 1.165) is 38.3 Å². The summed E-state index contributed by atoms with van der Waals surface area (Å²) in [4.78, 5) is 11.6. The Bertz CT molecular complexity index is 218. The van der Waals surface area contributed by atoms with E-state index in [0.29, 0.717) is 12.3 Å². The molecule has 0 spiro atoms. The van der Waals surface area contributed by atoms with Gasteiger partial charge in [0.15, 0.2) is 0 Å². The predicted molar refractivity (Wildman–Crippen MR) is 71.7 cm³/mol. The van der Waals surface area contributed by atoms with Crippen molar-refractivity contribution in [2.45, 2.75) is 58.3 Å². The molecule has 2 unspecified atom stereocenters. The molecule has 1 saturated carbocycles. The number of hydrogen-bond donors (Lipinski definition) is 2. The van der Waals surface area contributed by atoms with E-state index in [2.05, 4.69) is 12.2 Å². The SMILES string of the molecule is CC1CCCC(CNC(=O)CCCCCN)C1. The first kappa shape index (κ1) is 14.5. The van der Waals surface area contributed by atoms with Gasteiger partial charge in [-0.3, -0.25) is 4.79 Å². The summed E-state index contributed by atoms with van der Waals surface area (Å²) < 4.78 is 0. The normalized spacial score (nSPS) is 24.6. The van der Waals surface area contributed by atoms with Crippen LogP contribution in [0.2, 0.25) is 0 Å². The second-order valence-corrected chi connectivity index (χ2v) is 5.54. The number of amides is 1. The van der Waals surface area contributed by atoms with E-state index in [1.54, 1.807) is 0 Å². The average molecular weight is 240 g/mol. The molecular formula is C14H28N2O. The molecule has 0 bridgehead atoms. The van der Waals surface area contributed by atoms with E-state index >= 15 is 0 Å². The van der Waals surface area contributed by atoms with Crippen LogP contribution in [0.4, 0.5) is 0 Å². The highest BCUT2D eigenvalue weighted by molar-refractivity contribution is 5.75. The van der Waals surface area contributed by atoms with Crippen LogP contribution in [0.3, 0.4) is 0 Å². The fourth-order valence-electron chi connectivity index (χ4n) is 2.70. The maximum Gasteiger partial charge on any atom is 0.220 e. The van der Waals surface area contributed by atoms with E-state index in [1.165, 1.54) is 25.7 Å². The van der Waals surface area contributed by atoms with E-state index in [4.69, 9.17) is 5.73 Å². The first-order chi connectivity index (χ1) is 8.22. The van der Waals surface area contributed by atoms with Gasteiger partial charge in [0, 0.05) is 13.0 Å². The van der Waals surface area contributed by atoms with Crippen LogP contribution in [0.15, 0.2) is 0 Å². The molecule has 0 aliphatic heterocycles. The zero-order chi connectivity index (χ0) is 12.5. The van der Waals surface area contributed by atoms with Gasteiger partial charge in [0.25, 0.3) is 0 Å². The average Bonchev–Trinajstić information content (AvgIpc) is 2.32. The quantitative estimate of drug-likeness (QED) is 0.672. The number of nitrogens with two attached hydrogens (primary N) is 1. The van der Waals surface area contributed by atoms with Crippen molar-refractivity contribution < 1.29 is 4.79 Å². The Balaban J connectivity index is 2.02. The van der Waals surface area contributed by atoms with Gasteiger partial charge >= 0.3 is 0 Å². The number of carbonyl (C=O) groups is 1. The van der Waals surface area contributed by atoms with Crippen LogP contribution in [0.25, 0.3) is 0 Å². The molecule has 3 N–H and O–H groups in total. The van der Waals surface area contributed by atoms with Gasteiger partial charge in [0.2, 0.25) is 5.91 Å². The van der Waals surface area contributed by atoms with Crippen LogP contribution >= 0.6 is 0 Å². The molecule has 0 aromatic rings. The highest BCUT2D eigenvalue weighted by atomic mass is 16.1. The summed E-state index contributed by atoms with van der Waals surface area (Å²) in [6.07, 6.45) is 9.02. The summed E-state index contributed by atoms with van der Waals surface area (Å²) in [5, 5.41) is 3.08. The van der Waals surface area contributed by atoms with Crippen molar-refractivity contribution in [3.05, 3.63) is 0 Å². The van der Waals surface area contributed by atoms with Crippen molar-refractivity contribution >= 4 is 5.91 Å². The van der Waals surface area contributed by atoms with E-state index in [1.807, 2.05) is 0 Å². The summed E-state index contributed by atoms with van der Waals surface area (Å²) in [7, 11) is 0. The fourth-order valence-corrected chi connectivity index (χ4v) is 2.70. The lowest BCUT2D eigenvalue weighted by atomic mass is 9.82. The summed E-state index contributed by atoms with van der Waals surface area (Å²) in [5.41, 5.74) is 5.41. The molecule has 0 aromatic heterocycles. The van der Waals surface area contributed by atoms with Crippen LogP contribution in [0.5, 0.6) is 0 Å². The largest absolute Gasteiger partial charge is 0.356 e. The van der Waals surface area contributed by atoms with Gasteiger partial charge in [-0.2, -0.15) is 0 Å². The Morgan fingerprint density at radius 2 is 2.12 bits per heavy atom. The molecule has 1 fully saturated rings. The van der Waals surface area contributed by atoms with Gasteiger partial charge in [-0.15, -0.1) is 0 Å². The third-order valence-corrected chi connectivity index (χ3v) is 3.74. The first-order valence-corrected chi connectivity index (χ1v) is 7.19. The molecule has 0 aromatic carbocycles. The van der Waals surface area contributed by atoms with Gasteiger partial charge in [0.05, 0.1) is 0 Å². The molecule has 100 valence electrons. The summed E-state index contributed by atoms with van der Waals surface area (Å²) in [5.74, 6) is 1.78. The second kappa shape index (κ2) is 8.51. The molecule has 1 aliphatic carbocycles. The highest BCUT2D eigenvalue weighted by Gasteiger charge is 2.18. The van der Waals surface area contributed by atoms with Crippen molar-refractivity contribution in [1.29, 1.82) is 0 Å². The minimum Gasteiger partial charge on any atom is -0.356 e. The van der Waals surface area contributed by atoms with Gasteiger partial charge in [-0.1, -0.05) is 26.2 Å². The monoisotopic (exact) mass is 240 g/mol. The topological polar surface area (TPSA) is 55.1 Å². The van der Waals surface area contributed by atoms with Crippen molar-refractivity contribution in [2.75, 3.05) is 13.1 Å². The first-order valence-electron chi connectivity index (χ1n) is 7.19. The predicted octanol–water partition coefficient (Wildman–Crippen LogP) is 2.45. The van der Waals surface area contributed by atoms with E-state index < -0.39 is 0 Å². The molecule has 2 atom stereocenters. The summed E-state index contributed by atoms with van der Waals surface area (Å²) >= 11 is 0. The lowest BCUT2D eigenvalue weighted by molar-refractivity contribution is -0.121. The standard InChI is InChI=1S/C14H28N2O/c1-12-6-5-7-13(10-12)11-16-14(17)8-3-2-4-9-15/h12-13H,2-11,15H2,1H3,(H,16,17). The van der Waals surface area contributed by atoms with Gasteiger partial charge < -0.3 is 11.1 Å². The Morgan fingerprint density at radius 1 is 1.29 bits per heavy atom. The molecule has 3 heteroatoms. The third kappa shape index (κ3) is 6.67. The summed E-state index contributed by atoms with van der Waals surface area (Å²) in [6.45, 7) is 3.95. The number of carbonyl (C=O) groups excluding carboxylic acids is 1. The molecular weight excluding hydrogens is 212 g/mol. The Kier molecular flexibility index (Phi) is 7.25. The van der Waals surface area contributed by atoms with Crippen LogP contribution in [0, 0.1) is 11.8 Å². The molecule has 0 heterocycles. The number of unbranched alkanes of at least 4 members (excludes halogenated alkanes) is 2. The van der Waals surface area contributed by atoms with E-state index in [-0.39, 0.29) is 5.91 Å². The van der Waals surface area contributed by atoms with Crippen LogP contribution < -0.4 is 11.1 Å². The van der Waals surface area contributed by atoms with Gasteiger partial charge in [-0.05, 0) is 44.1 Å². The van der Waals surface area contributed by atoms with E-state index in [9.17, 15) is 4.79 Å². The zero-order valence-electron chi connectivity index (χ0n) is 11.2. The second-order valence-electron chi connectivity index (χ2n) is 5.54.